The third kappa shape index (κ3) is 3.57. The molecule has 0 amide bonds. The molecule has 0 saturated carbocycles. The first-order valence-corrected chi connectivity index (χ1v) is 9.14. The molecule has 0 radical (unpaired) electrons. The molecule has 0 bridgehead atoms. The zero-order chi connectivity index (χ0) is 17.9. The van der Waals surface area contributed by atoms with Gasteiger partial charge in [0.2, 0.25) is 5.89 Å². The summed E-state index contributed by atoms with van der Waals surface area (Å²) in [7, 11) is 0. The van der Waals surface area contributed by atoms with Crippen LogP contribution in [0.5, 0.6) is 11.5 Å². The highest BCUT2D eigenvalue weighted by Gasteiger charge is 2.16. The van der Waals surface area contributed by atoms with E-state index in [-0.39, 0.29) is 11.5 Å². The van der Waals surface area contributed by atoms with E-state index in [4.69, 9.17) is 13.9 Å². The number of aryl methyl sites for hydroxylation is 1. The van der Waals surface area contributed by atoms with Crippen LogP contribution in [0.1, 0.15) is 15.9 Å². The van der Waals surface area contributed by atoms with Crippen LogP contribution in [0.2, 0.25) is 0 Å². The number of fused-ring (bicyclic) bond motifs is 1. The summed E-state index contributed by atoms with van der Waals surface area (Å²) in [6.07, 6.45) is 0. The minimum absolute atomic E-state index is 0.0398. The molecule has 0 fully saturated rings. The Hall–Kier alpha value is -2.80. The summed E-state index contributed by atoms with van der Waals surface area (Å²) in [4.78, 5) is 12.4. The quantitative estimate of drug-likeness (QED) is 0.501. The Morgan fingerprint density at radius 3 is 2.62 bits per heavy atom. The van der Waals surface area contributed by atoms with Gasteiger partial charge >= 0.3 is 0 Å². The Kier molecular flexibility index (Phi) is 4.62. The van der Waals surface area contributed by atoms with Crippen LogP contribution >= 0.6 is 11.8 Å². The lowest BCUT2D eigenvalue weighted by Crippen LogP contribution is -2.16. The van der Waals surface area contributed by atoms with Crippen molar-refractivity contribution in [3.05, 3.63) is 53.6 Å². The molecule has 2 heterocycles. The van der Waals surface area contributed by atoms with Crippen LogP contribution in [-0.2, 0) is 0 Å². The number of benzene rings is 2. The van der Waals surface area contributed by atoms with Crippen molar-refractivity contribution in [3.63, 3.8) is 0 Å². The normalized spacial score (nSPS) is 12.8. The van der Waals surface area contributed by atoms with Crippen LogP contribution < -0.4 is 9.47 Å². The number of thioether (sulfide) groups is 1. The lowest BCUT2D eigenvalue weighted by atomic mass is 10.1. The molecule has 0 spiro atoms. The van der Waals surface area contributed by atoms with Gasteiger partial charge in [-0.1, -0.05) is 29.5 Å². The molecular formula is C19H16N2O4S. The highest BCUT2D eigenvalue weighted by molar-refractivity contribution is 7.99. The summed E-state index contributed by atoms with van der Waals surface area (Å²) >= 11 is 1.22. The molecule has 0 unspecified atom stereocenters. The van der Waals surface area contributed by atoms with Gasteiger partial charge in [0.15, 0.2) is 17.3 Å². The summed E-state index contributed by atoms with van der Waals surface area (Å²) in [5.74, 6) is 1.88. The van der Waals surface area contributed by atoms with Crippen molar-refractivity contribution >= 4 is 17.5 Å². The maximum Gasteiger partial charge on any atom is 0.277 e. The van der Waals surface area contributed by atoms with E-state index in [2.05, 4.69) is 10.2 Å². The van der Waals surface area contributed by atoms with Crippen LogP contribution in [0.4, 0.5) is 0 Å². The summed E-state index contributed by atoms with van der Waals surface area (Å²) < 4.78 is 16.6. The van der Waals surface area contributed by atoms with Crippen LogP contribution in [-0.4, -0.2) is 34.9 Å². The fraction of sp³-hybridized carbons (Fsp3) is 0.211. The van der Waals surface area contributed by atoms with Crippen molar-refractivity contribution in [3.8, 4) is 23.0 Å². The first-order valence-electron chi connectivity index (χ1n) is 8.15. The first-order chi connectivity index (χ1) is 12.7. The largest absolute Gasteiger partial charge is 0.486 e. The van der Waals surface area contributed by atoms with Crippen molar-refractivity contribution < 1.29 is 18.7 Å². The number of rotatable bonds is 5. The molecule has 1 aliphatic rings. The fourth-order valence-electron chi connectivity index (χ4n) is 2.51. The molecule has 26 heavy (non-hydrogen) atoms. The molecule has 3 aromatic rings. The van der Waals surface area contributed by atoms with Gasteiger partial charge in [0, 0.05) is 11.1 Å². The van der Waals surface area contributed by atoms with Gasteiger partial charge in [-0.2, -0.15) is 0 Å². The van der Waals surface area contributed by atoms with E-state index in [1.54, 1.807) is 18.2 Å². The zero-order valence-electron chi connectivity index (χ0n) is 14.1. The van der Waals surface area contributed by atoms with E-state index < -0.39 is 0 Å². The van der Waals surface area contributed by atoms with Crippen LogP contribution in [0.25, 0.3) is 11.5 Å². The van der Waals surface area contributed by atoms with Gasteiger partial charge in [-0.15, -0.1) is 10.2 Å². The minimum atomic E-state index is -0.0398. The van der Waals surface area contributed by atoms with E-state index >= 15 is 0 Å². The van der Waals surface area contributed by atoms with Gasteiger partial charge in [-0.05, 0) is 37.3 Å². The van der Waals surface area contributed by atoms with Crippen molar-refractivity contribution in [2.24, 2.45) is 0 Å². The second-order valence-corrected chi connectivity index (χ2v) is 6.74. The molecule has 0 N–H and O–H groups in total. The number of Topliss-reactive ketones (excluding diaryl/α,β-unsaturated/α-hetero) is 1. The van der Waals surface area contributed by atoms with E-state index in [0.29, 0.717) is 41.4 Å². The lowest BCUT2D eigenvalue weighted by molar-refractivity contribution is 0.102. The Morgan fingerprint density at radius 2 is 1.81 bits per heavy atom. The van der Waals surface area contributed by atoms with Crippen molar-refractivity contribution in [1.82, 2.24) is 10.2 Å². The van der Waals surface area contributed by atoms with Crippen molar-refractivity contribution in [2.75, 3.05) is 19.0 Å². The third-order valence-corrected chi connectivity index (χ3v) is 4.71. The molecule has 0 saturated heterocycles. The summed E-state index contributed by atoms with van der Waals surface area (Å²) in [5, 5.41) is 8.41. The zero-order valence-corrected chi connectivity index (χ0v) is 14.9. The molecule has 4 rings (SSSR count). The topological polar surface area (TPSA) is 74.5 Å². The van der Waals surface area contributed by atoms with Gasteiger partial charge in [-0.25, -0.2) is 0 Å². The molecule has 0 atom stereocenters. The van der Waals surface area contributed by atoms with Gasteiger partial charge in [0.1, 0.15) is 13.2 Å². The van der Waals surface area contributed by atoms with Gasteiger partial charge in [0.05, 0.1) is 5.75 Å². The maximum atomic E-state index is 12.4. The molecule has 1 aliphatic heterocycles. The standard InChI is InChI=1S/C19H16N2O4S/c1-12-2-4-13(5-3-12)18-20-21-19(25-18)26-11-15(22)14-6-7-16-17(10-14)24-9-8-23-16/h2-7,10H,8-9,11H2,1H3. The summed E-state index contributed by atoms with van der Waals surface area (Å²) in [5.41, 5.74) is 2.58. The maximum absolute atomic E-state index is 12.4. The molecule has 132 valence electrons. The Labute approximate surface area is 154 Å². The van der Waals surface area contributed by atoms with E-state index in [1.807, 2.05) is 31.2 Å². The molecule has 7 heteroatoms. The van der Waals surface area contributed by atoms with Crippen LogP contribution in [0.15, 0.2) is 52.1 Å². The fourth-order valence-corrected chi connectivity index (χ4v) is 3.17. The van der Waals surface area contributed by atoms with E-state index in [9.17, 15) is 4.79 Å². The molecule has 6 nitrogen and oxygen atoms in total. The number of ketones is 1. The molecule has 1 aromatic heterocycles. The summed E-state index contributed by atoms with van der Waals surface area (Å²) in [6.45, 7) is 3.03. The average Bonchev–Trinajstić information content (AvgIpc) is 3.15. The molecular weight excluding hydrogens is 352 g/mol. The second kappa shape index (κ2) is 7.21. The smallest absolute Gasteiger partial charge is 0.277 e. The Morgan fingerprint density at radius 1 is 1.04 bits per heavy atom. The number of hydrogen-bond acceptors (Lipinski definition) is 7. The highest BCUT2D eigenvalue weighted by atomic mass is 32.2. The first kappa shape index (κ1) is 16.7. The number of nitrogens with zero attached hydrogens (tertiary/aromatic N) is 2. The predicted molar refractivity (Wildman–Crippen MR) is 97.0 cm³/mol. The van der Waals surface area contributed by atoms with Crippen molar-refractivity contribution in [1.29, 1.82) is 0 Å². The van der Waals surface area contributed by atoms with Gasteiger partial charge in [0.25, 0.3) is 5.22 Å². The number of carbonyl (C=O) groups excluding carboxylic acids is 1. The van der Waals surface area contributed by atoms with Crippen molar-refractivity contribution in [2.45, 2.75) is 12.1 Å². The monoisotopic (exact) mass is 368 g/mol. The predicted octanol–water partition coefficient (Wildman–Crippen LogP) is 3.79. The summed E-state index contributed by atoms with van der Waals surface area (Å²) in [6, 6.07) is 13.0. The highest BCUT2D eigenvalue weighted by Crippen LogP contribution is 2.31. The number of ether oxygens (including phenoxy) is 2. The lowest BCUT2D eigenvalue weighted by Gasteiger charge is -2.18. The third-order valence-electron chi connectivity index (χ3n) is 3.90. The number of hydrogen-bond donors (Lipinski definition) is 0. The minimum Gasteiger partial charge on any atom is -0.486 e. The SMILES string of the molecule is Cc1ccc(-c2nnc(SCC(=O)c3ccc4c(c3)OCCO4)o2)cc1. The average molecular weight is 368 g/mol. The number of carbonyl (C=O) groups is 1. The number of aromatic nitrogens is 2. The van der Waals surface area contributed by atoms with Gasteiger partial charge in [-0.3, -0.25) is 4.79 Å². The molecule has 0 aliphatic carbocycles. The van der Waals surface area contributed by atoms with E-state index in [0.717, 1.165) is 11.1 Å². The Bertz CT molecular complexity index is 937. The van der Waals surface area contributed by atoms with Crippen LogP contribution in [0.3, 0.4) is 0 Å². The Balaban J connectivity index is 1.41. The molecule has 2 aromatic carbocycles. The van der Waals surface area contributed by atoms with Gasteiger partial charge < -0.3 is 13.9 Å². The van der Waals surface area contributed by atoms with E-state index in [1.165, 1.54) is 11.8 Å². The van der Waals surface area contributed by atoms with Crippen LogP contribution in [0, 0.1) is 6.92 Å². The second-order valence-electron chi connectivity index (χ2n) is 5.81.